The van der Waals surface area contributed by atoms with Gasteiger partial charge in [0.25, 0.3) is 0 Å². The summed E-state index contributed by atoms with van der Waals surface area (Å²) in [5.41, 5.74) is 2.37. The van der Waals surface area contributed by atoms with Crippen LogP contribution in [0.25, 0.3) is 10.6 Å². The number of rotatable bonds is 4. The highest BCUT2D eigenvalue weighted by atomic mass is 35.5. The fraction of sp³-hybridized carbons (Fsp3) is 0.471. The number of nitrogens with one attached hydrogen (secondary N) is 1. The minimum absolute atomic E-state index is 0.0634. The lowest BCUT2D eigenvalue weighted by molar-refractivity contribution is 0.559. The van der Waals surface area contributed by atoms with Gasteiger partial charge in [0, 0.05) is 33.5 Å². The Balaban J connectivity index is 1.94. The normalized spacial score (nSPS) is 15.4. The Morgan fingerprint density at radius 3 is 2.71 bits per heavy atom. The second-order valence-corrected chi connectivity index (χ2v) is 8.23. The summed E-state index contributed by atoms with van der Waals surface area (Å²) < 4.78 is 0. The van der Waals surface area contributed by atoms with E-state index in [-0.39, 0.29) is 5.41 Å². The molecule has 0 bridgehead atoms. The molecule has 21 heavy (non-hydrogen) atoms. The Morgan fingerprint density at radius 2 is 2.10 bits per heavy atom. The van der Waals surface area contributed by atoms with Crippen molar-refractivity contribution in [2.45, 2.75) is 51.6 Å². The zero-order chi connectivity index (χ0) is 15.0. The summed E-state index contributed by atoms with van der Waals surface area (Å²) in [5, 5.41) is 5.43. The van der Waals surface area contributed by atoms with E-state index in [0.717, 1.165) is 28.2 Å². The molecule has 1 aliphatic rings. The topological polar surface area (TPSA) is 24.9 Å². The van der Waals surface area contributed by atoms with Gasteiger partial charge in [0.05, 0.1) is 5.69 Å². The van der Waals surface area contributed by atoms with Crippen LogP contribution >= 0.6 is 22.9 Å². The van der Waals surface area contributed by atoms with Gasteiger partial charge in [-0.05, 0) is 25.0 Å². The average molecular weight is 321 g/mol. The van der Waals surface area contributed by atoms with Crippen molar-refractivity contribution in [3.63, 3.8) is 0 Å². The van der Waals surface area contributed by atoms with Gasteiger partial charge in [-0.15, -0.1) is 11.3 Å². The van der Waals surface area contributed by atoms with Gasteiger partial charge in [-0.3, -0.25) is 0 Å². The Kier molecular flexibility index (Phi) is 4.08. The van der Waals surface area contributed by atoms with Crippen molar-refractivity contribution in [3.8, 4) is 10.6 Å². The molecule has 3 rings (SSSR count). The van der Waals surface area contributed by atoms with E-state index >= 15 is 0 Å². The van der Waals surface area contributed by atoms with Crippen molar-refractivity contribution >= 4 is 22.9 Å². The molecule has 1 heterocycles. The van der Waals surface area contributed by atoms with Crippen molar-refractivity contribution in [1.29, 1.82) is 0 Å². The van der Waals surface area contributed by atoms with Crippen LogP contribution < -0.4 is 5.32 Å². The number of nitrogens with zero attached hydrogens (tertiary/aromatic N) is 1. The van der Waals surface area contributed by atoms with Gasteiger partial charge in [0.15, 0.2) is 0 Å². The smallest absolute Gasteiger partial charge is 0.123 e. The first-order valence-corrected chi connectivity index (χ1v) is 8.62. The van der Waals surface area contributed by atoms with Gasteiger partial charge in [0.1, 0.15) is 5.01 Å². The molecule has 1 aromatic heterocycles. The quantitative estimate of drug-likeness (QED) is 0.856. The Labute approximate surface area is 135 Å². The molecule has 1 saturated carbocycles. The van der Waals surface area contributed by atoms with Gasteiger partial charge in [0.2, 0.25) is 0 Å². The maximum Gasteiger partial charge on any atom is 0.123 e. The summed E-state index contributed by atoms with van der Waals surface area (Å²) in [6.07, 6.45) is 2.62. The minimum Gasteiger partial charge on any atom is -0.309 e. The number of benzene rings is 1. The Hall–Kier alpha value is -0.900. The molecule has 0 amide bonds. The van der Waals surface area contributed by atoms with Gasteiger partial charge >= 0.3 is 0 Å². The summed E-state index contributed by atoms with van der Waals surface area (Å²) in [6.45, 7) is 7.61. The molecule has 2 nitrogen and oxygen atoms in total. The van der Waals surface area contributed by atoms with E-state index in [9.17, 15) is 0 Å². The van der Waals surface area contributed by atoms with Gasteiger partial charge in [-0.25, -0.2) is 4.98 Å². The highest BCUT2D eigenvalue weighted by Crippen LogP contribution is 2.35. The summed E-state index contributed by atoms with van der Waals surface area (Å²) in [7, 11) is 0. The van der Waals surface area contributed by atoms with Crippen molar-refractivity contribution in [1.82, 2.24) is 10.3 Å². The molecule has 0 unspecified atom stereocenters. The molecular formula is C17H21ClN2S. The van der Waals surface area contributed by atoms with Gasteiger partial charge in [-0.1, -0.05) is 44.5 Å². The Bertz CT molecular complexity index is 638. The van der Waals surface area contributed by atoms with Crippen LogP contribution in [0.3, 0.4) is 0 Å². The van der Waals surface area contributed by atoms with Crippen LogP contribution in [-0.2, 0) is 12.0 Å². The van der Waals surface area contributed by atoms with E-state index in [1.54, 1.807) is 11.3 Å². The molecule has 0 saturated heterocycles. The third kappa shape index (κ3) is 3.65. The van der Waals surface area contributed by atoms with Crippen LogP contribution in [0.15, 0.2) is 24.3 Å². The molecule has 1 aliphatic carbocycles. The molecule has 112 valence electrons. The van der Waals surface area contributed by atoms with Crippen molar-refractivity contribution in [2.75, 3.05) is 0 Å². The predicted molar refractivity (Wildman–Crippen MR) is 91.1 cm³/mol. The van der Waals surface area contributed by atoms with E-state index in [1.807, 2.05) is 18.2 Å². The summed E-state index contributed by atoms with van der Waals surface area (Å²) in [4.78, 5) is 6.26. The highest BCUT2D eigenvalue weighted by Gasteiger charge is 2.26. The lowest BCUT2D eigenvalue weighted by atomic mass is 9.91. The van der Waals surface area contributed by atoms with Crippen LogP contribution in [0, 0.1) is 0 Å². The van der Waals surface area contributed by atoms with Crippen LogP contribution in [0.5, 0.6) is 0 Å². The third-order valence-electron chi connectivity index (χ3n) is 3.61. The molecule has 2 aromatic rings. The highest BCUT2D eigenvalue weighted by molar-refractivity contribution is 7.15. The summed E-state index contributed by atoms with van der Waals surface area (Å²) >= 11 is 7.89. The molecule has 0 atom stereocenters. The third-order valence-corrected chi connectivity index (χ3v) is 4.95. The fourth-order valence-electron chi connectivity index (χ4n) is 2.33. The standard InChI is InChI=1S/C17H21ClN2S/c1-17(2,3)15-14(10-19-13-7-8-13)21-16(20-15)11-5-4-6-12(18)9-11/h4-6,9,13,19H,7-8,10H2,1-3H3. The van der Waals surface area contributed by atoms with E-state index in [1.165, 1.54) is 23.4 Å². The maximum absolute atomic E-state index is 6.11. The predicted octanol–water partition coefficient (Wildman–Crippen LogP) is 5.01. The molecule has 0 spiro atoms. The number of hydrogen-bond donors (Lipinski definition) is 1. The van der Waals surface area contributed by atoms with Gasteiger partial charge in [-0.2, -0.15) is 0 Å². The molecule has 1 N–H and O–H groups in total. The van der Waals surface area contributed by atoms with E-state index in [4.69, 9.17) is 16.6 Å². The van der Waals surface area contributed by atoms with E-state index in [0.29, 0.717) is 0 Å². The van der Waals surface area contributed by atoms with Crippen molar-refractivity contribution in [2.24, 2.45) is 0 Å². The number of hydrogen-bond acceptors (Lipinski definition) is 3. The SMILES string of the molecule is CC(C)(C)c1nc(-c2cccc(Cl)c2)sc1CNC1CC1. The monoisotopic (exact) mass is 320 g/mol. The average Bonchev–Trinajstić information content (AvgIpc) is 3.13. The van der Waals surface area contributed by atoms with E-state index < -0.39 is 0 Å². The molecular weight excluding hydrogens is 300 g/mol. The zero-order valence-electron chi connectivity index (χ0n) is 12.7. The zero-order valence-corrected chi connectivity index (χ0v) is 14.3. The van der Waals surface area contributed by atoms with Crippen LogP contribution in [0.2, 0.25) is 5.02 Å². The summed E-state index contributed by atoms with van der Waals surface area (Å²) in [5.74, 6) is 0. The maximum atomic E-state index is 6.11. The molecule has 0 aliphatic heterocycles. The van der Waals surface area contributed by atoms with Crippen molar-refractivity contribution in [3.05, 3.63) is 39.9 Å². The van der Waals surface area contributed by atoms with Crippen molar-refractivity contribution < 1.29 is 0 Å². The van der Waals surface area contributed by atoms with Crippen LogP contribution in [0.1, 0.15) is 44.2 Å². The van der Waals surface area contributed by atoms with E-state index in [2.05, 4.69) is 32.2 Å². The largest absolute Gasteiger partial charge is 0.309 e. The first-order valence-electron chi connectivity index (χ1n) is 7.43. The lowest BCUT2D eigenvalue weighted by Crippen LogP contribution is -2.19. The molecule has 4 heteroatoms. The number of aromatic nitrogens is 1. The first-order chi connectivity index (χ1) is 9.93. The van der Waals surface area contributed by atoms with Gasteiger partial charge < -0.3 is 5.32 Å². The molecule has 0 radical (unpaired) electrons. The second-order valence-electron chi connectivity index (χ2n) is 6.71. The first kappa shape index (κ1) is 15.0. The minimum atomic E-state index is 0.0634. The Morgan fingerprint density at radius 1 is 1.33 bits per heavy atom. The van der Waals surface area contributed by atoms with Crippen LogP contribution in [-0.4, -0.2) is 11.0 Å². The number of thiazole rings is 1. The lowest BCUT2D eigenvalue weighted by Gasteiger charge is -2.17. The molecule has 1 fully saturated rings. The molecule has 1 aromatic carbocycles. The summed E-state index contributed by atoms with van der Waals surface area (Å²) in [6, 6.07) is 8.67. The fourth-order valence-corrected chi connectivity index (χ4v) is 3.74. The number of halogens is 1. The second kappa shape index (κ2) is 5.71. The van der Waals surface area contributed by atoms with Crippen LogP contribution in [0.4, 0.5) is 0 Å².